The molecule has 0 aliphatic heterocycles. The largest absolute Gasteiger partial charge is 0.302 e. The first-order chi connectivity index (χ1) is 7.66. The normalized spacial score (nSPS) is 22.9. The summed E-state index contributed by atoms with van der Waals surface area (Å²) < 4.78 is 19.8. The summed E-state index contributed by atoms with van der Waals surface area (Å²) in [6.45, 7) is 2.15. The van der Waals surface area contributed by atoms with Gasteiger partial charge in [0.15, 0.2) is 11.1 Å². The lowest BCUT2D eigenvalue weighted by atomic mass is 9.89. The Kier molecular flexibility index (Phi) is 3.56. The second-order valence-electron chi connectivity index (χ2n) is 4.28. The molecule has 2 nitrogen and oxygen atoms in total. The van der Waals surface area contributed by atoms with E-state index in [0.717, 1.165) is 19.3 Å². The predicted molar refractivity (Wildman–Crippen MR) is 67.2 cm³/mol. The van der Waals surface area contributed by atoms with Crippen LogP contribution in [0.1, 0.15) is 32.6 Å². The highest BCUT2D eigenvalue weighted by Crippen LogP contribution is 2.30. The molecule has 0 aromatic rings. The van der Waals surface area contributed by atoms with E-state index in [1.54, 1.807) is 6.08 Å². The van der Waals surface area contributed by atoms with Crippen LogP contribution in [0.3, 0.4) is 0 Å². The lowest BCUT2D eigenvalue weighted by Gasteiger charge is -2.18. The van der Waals surface area contributed by atoms with E-state index in [4.69, 9.17) is 4.55 Å². The van der Waals surface area contributed by atoms with Crippen LogP contribution >= 0.6 is 0 Å². The van der Waals surface area contributed by atoms with Crippen molar-refractivity contribution in [3.8, 4) is 0 Å². The van der Waals surface area contributed by atoms with E-state index < -0.39 is 11.1 Å². The lowest BCUT2D eigenvalue weighted by Crippen LogP contribution is -2.02. The van der Waals surface area contributed by atoms with Gasteiger partial charge in [0.05, 0.1) is 0 Å². The molecule has 0 saturated heterocycles. The van der Waals surface area contributed by atoms with Gasteiger partial charge in [0.25, 0.3) is 0 Å². The Labute approximate surface area is 98.7 Å². The molecule has 2 aliphatic rings. The molecule has 1 N–H and O–H groups in total. The van der Waals surface area contributed by atoms with Crippen LogP contribution in [-0.2, 0) is 11.1 Å². The van der Waals surface area contributed by atoms with Crippen LogP contribution in [0.5, 0.6) is 0 Å². The summed E-state index contributed by atoms with van der Waals surface area (Å²) in [5.74, 6) is 0. The third kappa shape index (κ3) is 2.60. The van der Waals surface area contributed by atoms with Crippen molar-refractivity contribution < 1.29 is 8.76 Å². The van der Waals surface area contributed by atoms with Crippen LogP contribution < -0.4 is 0 Å². The second-order valence-corrected chi connectivity index (χ2v) is 5.30. The molecular weight excluding hydrogens is 220 g/mol. The summed E-state index contributed by atoms with van der Waals surface area (Å²) in [4.78, 5) is 0.631. The maximum atomic E-state index is 10.9. The van der Waals surface area contributed by atoms with E-state index in [1.807, 2.05) is 6.08 Å². The Balaban J connectivity index is 2.16. The highest BCUT2D eigenvalue weighted by molar-refractivity contribution is 7.83. The van der Waals surface area contributed by atoms with Gasteiger partial charge in [0.2, 0.25) is 0 Å². The molecule has 16 heavy (non-hydrogen) atoms. The molecule has 0 aromatic heterocycles. The molecule has 1 atom stereocenters. The summed E-state index contributed by atoms with van der Waals surface area (Å²) in [5.41, 5.74) is 4.12. The Morgan fingerprint density at radius 3 is 2.06 bits per heavy atom. The third-order valence-electron chi connectivity index (χ3n) is 3.11. The fraction of sp³-hybridized carbons (Fsp3) is 0.385. The molecule has 0 spiro atoms. The van der Waals surface area contributed by atoms with E-state index >= 15 is 0 Å². The van der Waals surface area contributed by atoms with Crippen LogP contribution in [0, 0.1) is 0 Å². The fourth-order valence-electron chi connectivity index (χ4n) is 2.04. The molecule has 0 amide bonds. The van der Waals surface area contributed by atoms with Gasteiger partial charge in [-0.15, -0.1) is 0 Å². The zero-order valence-electron chi connectivity index (χ0n) is 9.40. The van der Waals surface area contributed by atoms with Gasteiger partial charge in [-0.3, -0.25) is 0 Å². The highest BCUT2D eigenvalue weighted by Gasteiger charge is 2.14. The lowest BCUT2D eigenvalue weighted by molar-refractivity contribution is 0.568. The van der Waals surface area contributed by atoms with Gasteiger partial charge in [0, 0.05) is 4.91 Å². The van der Waals surface area contributed by atoms with Crippen LogP contribution in [0.15, 0.2) is 45.9 Å². The van der Waals surface area contributed by atoms with Crippen LogP contribution in [0.2, 0.25) is 0 Å². The van der Waals surface area contributed by atoms with Gasteiger partial charge in [-0.1, -0.05) is 23.8 Å². The van der Waals surface area contributed by atoms with E-state index in [2.05, 4.69) is 19.1 Å². The minimum absolute atomic E-state index is 0.631. The first-order valence-electron chi connectivity index (χ1n) is 5.54. The fourth-order valence-corrected chi connectivity index (χ4v) is 2.50. The highest BCUT2D eigenvalue weighted by atomic mass is 32.2. The Morgan fingerprint density at radius 2 is 1.62 bits per heavy atom. The van der Waals surface area contributed by atoms with Crippen molar-refractivity contribution in [2.24, 2.45) is 0 Å². The molecule has 0 fully saturated rings. The van der Waals surface area contributed by atoms with Gasteiger partial charge in [-0.25, -0.2) is 4.21 Å². The Hall–Kier alpha value is -0.930. The molecule has 1 unspecified atom stereocenters. The van der Waals surface area contributed by atoms with Crippen molar-refractivity contribution in [3.05, 3.63) is 45.9 Å². The summed E-state index contributed by atoms with van der Waals surface area (Å²) in [7, 11) is 0. The van der Waals surface area contributed by atoms with Gasteiger partial charge in [-0.2, -0.15) is 0 Å². The SMILES string of the molecule is CC1=CC=C(C2=CC=C(S(=O)O)CC2)CC1. The van der Waals surface area contributed by atoms with Crippen molar-refractivity contribution in [3.63, 3.8) is 0 Å². The summed E-state index contributed by atoms with van der Waals surface area (Å²) in [5, 5.41) is 0. The monoisotopic (exact) mass is 236 g/mol. The number of allylic oxidation sites excluding steroid dienone is 8. The third-order valence-corrected chi connectivity index (χ3v) is 3.89. The molecule has 0 bridgehead atoms. The zero-order chi connectivity index (χ0) is 11.5. The van der Waals surface area contributed by atoms with Crippen molar-refractivity contribution in [1.29, 1.82) is 0 Å². The minimum atomic E-state index is -1.79. The molecule has 86 valence electrons. The Morgan fingerprint density at radius 1 is 1.00 bits per heavy atom. The average Bonchev–Trinajstić information content (AvgIpc) is 2.30. The van der Waals surface area contributed by atoms with Gasteiger partial charge < -0.3 is 4.55 Å². The van der Waals surface area contributed by atoms with Gasteiger partial charge >= 0.3 is 0 Å². The summed E-state index contributed by atoms with van der Waals surface area (Å²) in [6, 6.07) is 0. The maximum absolute atomic E-state index is 10.9. The number of hydrogen-bond donors (Lipinski definition) is 1. The van der Waals surface area contributed by atoms with Crippen molar-refractivity contribution in [2.75, 3.05) is 0 Å². The van der Waals surface area contributed by atoms with Crippen molar-refractivity contribution in [2.45, 2.75) is 32.6 Å². The van der Waals surface area contributed by atoms with Crippen LogP contribution in [0.4, 0.5) is 0 Å². The second kappa shape index (κ2) is 4.93. The smallest absolute Gasteiger partial charge is 0.182 e. The van der Waals surface area contributed by atoms with Crippen LogP contribution in [0.25, 0.3) is 0 Å². The Bertz CT molecular complexity index is 439. The molecule has 3 heteroatoms. The van der Waals surface area contributed by atoms with E-state index in [9.17, 15) is 4.21 Å². The average molecular weight is 236 g/mol. The van der Waals surface area contributed by atoms with E-state index in [0.29, 0.717) is 11.3 Å². The molecule has 0 radical (unpaired) electrons. The first-order valence-corrected chi connectivity index (χ1v) is 6.65. The quantitative estimate of drug-likeness (QED) is 0.745. The first kappa shape index (κ1) is 11.6. The summed E-state index contributed by atoms with van der Waals surface area (Å²) >= 11 is -1.79. The molecule has 2 aliphatic carbocycles. The van der Waals surface area contributed by atoms with E-state index in [1.165, 1.54) is 16.7 Å². The molecular formula is C13H16O2S. The number of rotatable bonds is 2. The predicted octanol–water partition coefficient (Wildman–Crippen LogP) is 3.48. The maximum Gasteiger partial charge on any atom is 0.182 e. The molecule has 2 rings (SSSR count). The van der Waals surface area contributed by atoms with Gasteiger partial charge in [-0.05, 0) is 49.8 Å². The van der Waals surface area contributed by atoms with Crippen molar-refractivity contribution >= 4 is 11.1 Å². The minimum Gasteiger partial charge on any atom is -0.302 e. The van der Waals surface area contributed by atoms with Gasteiger partial charge in [0.1, 0.15) is 0 Å². The summed E-state index contributed by atoms with van der Waals surface area (Å²) in [6.07, 6.45) is 12.0. The molecule has 0 aromatic carbocycles. The number of hydrogen-bond acceptors (Lipinski definition) is 1. The van der Waals surface area contributed by atoms with Crippen LogP contribution in [-0.4, -0.2) is 8.76 Å². The van der Waals surface area contributed by atoms with Crippen molar-refractivity contribution in [1.82, 2.24) is 0 Å². The molecule has 0 heterocycles. The standard InChI is InChI=1S/C13H16O2S/c1-10-2-4-11(5-3-10)12-6-8-13(9-7-12)16(14)15/h2,4,6,8H,3,5,7,9H2,1H3,(H,14,15). The van der Waals surface area contributed by atoms with E-state index in [-0.39, 0.29) is 0 Å². The molecule has 0 saturated carbocycles. The zero-order valence-corrected chi connectivity index (χ0v) is 10.2. The topological polar surface area (TPSA) is 37.3 Å².